The summed E-state index contributed by atoms with van der Waals surface area (Å²) in [7, 11) is 1.61. The third kappa shape index (κ3) is 2.28. The number of aliphatic carboxylic acids is 1. The number of hydrogen-bond donors (Lipinski definition) is 2. The molecular weight excluding hydrogens is 230 g/mol. The summed E-state index contributed by atoms with van der Waals surface area (Å²) in [5, 5.41) is 12.0. The molecule has 0 saturated heterocycles. The summed E-state index contributed by atoms with van der Waals surface area (Å²) in [6.45, 7) is 0.692. The summed E-state index contributed by atoms with van der Waals surface area (Å²) in [5.41, 5.74) is 1.90. The minimum atomic E-state index is -0.832. The Labute approximate surface area is 100 Å². The number of carboxylic acid groups (broad SMARTS) is 1. The molecule has 1 aliphatic heterocycles. The van der Waals surface area contributed by atoms with Crippen molar-refractivity contribution in [2.24, 2.45) is 0 Å². The molecule has 0 spiro atoms. The molecule has 0 fully saturated rings. The fourth-order valence-corrected chi connectivity index (χ4v) is 1.89. The number of fused-ring (bicyclic) bond motifs is 1. The number of hydrogen-bond acceptors (Lipinski definition) is 3. The van der Waals surface area contributed by atoms with Gasteiger partial charge in [0.05, 0.1) is 7.11 Å². The molecule has 0 aromatic heterocycles. The quantitative estimate of drug-likeness (QED) is 0.824. The number of methoxy groups -OCH3 is 1. The van der Waals surface area contributed by atoms with Gasteiger partial charge in [0.2, 0.25) is 0 Å². The van der Waals surface area contributed by atoms with Crippen LogP contribution in [-0.2, 0) is 11.2 Å². The Bertz CT molecular complexity index is 395. The average molecular weight is 244 g/mol. The highest BCUT2D eigenvalue weighted by Gasteiger charge is 2.25. The zero-order chi connectivity index (χ0) is 10.8. The summed E-state index contributed by atoms with van der Waals surface area (Å²) >= 11 is 0. The molecule has 1 aliphatic rings. The molecule has 0 bridgehead atoms. The van der Waals surface area contributed by atoms with Gasteiger partial charge >= 0.3 is 5.97 Å². The highest BCUT2D eigenvalue weighted by Crippen LogP contribution is 2.26. The molecule has 0 saturated carbocycles. The first-order valence-corrected chi connectivity index (χ1v) is 4.85. The van der Waals surface area contributed by atoms with Crippen LogP contribution in [0.1, 0.15) is 17.2 Å². The molecule has 4 nitrogen and oxygen atoms in total. The fraction of sp³-hybridized carbons (Fsp3) is 0.364. The standard InChI is InChI=1S/C11H13NO3.ClH/c1-15-8-2-3-9-7(6-8)4-5-12-10(9)11(13)14;/h2-3,6,10,12H,4-5H2,1H3,(H,13,14);1H/t10-;/m1./s1. The fourth-order valence-electron chi connectivity index (χ4n) is 1.89. The highest BCUT2D eigenvalue weighted by molar-refractivity contribution is 5.85. The Kier molecular flexibility index (Phi) is 4.15. The molecule has 1 heterocycles. The molecule has 1 aromatic carbocycles. The van der Waals surface area contributed by atoms with Crippen LogP contribution >= 0.6 is 12.4 Å². The van der Waals surface area contributed by atoms with Crippen molar-refractivity contribution in [1.82, 2.24) is 5.32 Å². The van der Waals surface area contributed by atoms with Gasteiger partial charge in [0.25, 0.3) is 0 Å². The lowest BCUT2D eigenvalue weighted by Gasteiger charge is -2.24. The smallest absolute Gasteiger partial charge is 0.325 e. The van der Waals surface area contributed by atoms with Gasteiger partial charge in [0, 0.05) is 6.54 Å². The zero-order valence-corrected chi connectivity index (χ0v) is 9.71. The predicted octanol–water partition coefficient (Wildman–Crippen LogP) is 1.39. The maximum absolute atomic E-state index is 11.0. The summed E-state index contributed by atoms with van der Waals surface area (Å²) in [6.07, 6.45) is 0.844. The number of halogens is 1. The van der Waals surface area contributed by atoms with E-state index in [1.807, 2.05) is 12.1 Å². The van der Waals surface area contributed by atoms with Crippen LogP contribution in [0.5, 0.6) is 5.75 Å². The van der Waals surface area contributed by atoms with E-state index >= 15 is 0 Å². The van der Waals surface area contributed by atoms with Gasteiger partial charge in [-0.25, -0.2) is 0 Å². The molecular formula is C11H14ClNO3. The Morgan fingerprint density at radius 1 is 1.56 bits per heavy atom. The Hall–Kier alpha value is -1.26. The van der Waals surface area contributed by atoms with Gasteiger partial charge in [-0.3, -0.25) is 4.79 Å². The molecule has 0 amide bonds. The van der Waals surface area contributed by atoms with Gasteiger partial charge in [0.15, 0.2) is 0 Å². The summed E-state index contributed by atoms with van der Waals surface area (Å²) in [6, 6.07) is 4.94. The van der Waals surface area contributed by atoms with E-state index in [-0.39, 0.29) is 12.4 Å². The van der Waals surface area contributed by atoms with Gasteiger partial charge in [-0.2, -0.15) is 0 Å². The summed E-state index contributed by atoms with van der Waals surface area (Å²) in [4.78, 5) is 11.0. The highest BCUT2D eigenvalue weighted by atomic mass is 35.5. The molecule has 0 aliphatic carbocycles. The third-order valence-electron chi connectivity index (χ3n) is 2.65. The average Bonchev–Trinajstić information content (AvgIpc) is 2.27. The van der Waals surface area contributed by atoms with Crippen molar-refractivity contribution in [2.45, 2.75) is 12.5 Å². The maximum atomic E-state index is 11.0. The van der Waals surface area contributed by atoms with Crippen LogP contribution in [0, 0.1) is 0 Å². The van der Waals surface area contributed by atoms with E-state index < -0.39 is 12.0 Å². The van der Waals surface area contributed by atoms with E-state index in [2.05, 4.69) is 5.32 Å². The molecule has 2 N–H and O–H groups in total. The van der Waals surface area contributed by atoms with Crippen molar-refractivity contribution in [2.75, 3.05) is 13.7 Å². The largest absolute Gasteiger partial charge is 0.497 e. The zero-order valence-electron chi connectivity index (χ0n) is 8.90. The van der Waals surface area contributed by atoms with Crippen LogP contribution in [0.3, 0.4) is 0 Å². The molecule has 16 heavy (non-hydrogen) atoms. The van der Waals surface area contributed by atoms with Crippen molar-refractivity contribution >= 4 is 18.4 Å². The van der Waals surface area contributed by atoms with Gasteiger partial charge in [-0.05, 0) is 29.7 Å². The number of carbonyl (C=O) groups is 1. The van der Waals surface area contributed by atoms with Crippen molar-refractivity contribution in [3.8, 4) is 5.75 Å². The number of carboxylic acids is 1. The predicted molar refractivity (Wildman–Crippen MR) is 62.3 cm³/mol. The van der Waals surface area contributed by atoms with Gasteiger partial charge in [-0.1, -0.05) is 6.07 Å². The molecule has 5 heteroatoms. The van der Waals surface area contributed by atoms with E-state index in [1.54, 1.807) is 13.2 Å². The molecule has 88 valence electrons. The van der Waals surface area contributed by atoms with Crippen LogP contribution in [0.25, 0.3) is 0 Å². The minimum absolute atomic E-state index is 0. The molecule has 1 atom stereocenters. The van der Waals surface area contributed by atoms with Crippen LogP contribution in [0.15, 0.2) is 18.2 Å². The molecule has 1 aromatic rings. The molecule has 0 radical (unpaired) electrons. The summed E-state index contributed by atoms with van der Waals surface area (Å²) in [5.74, 6) is -0.0547. The van der Waals surface area contributed by atoms with Crippen molar-refractivity contribution in [1.29, 1.82) is 0 Å². The molecule has 0 unspecified atom stereocenters. The lowest BCUT2D eigenvalue weighted by atomic mass is 9.94. The lowest BCUT2D eigenvalue weighted by Crippen LogP contribution is -2.34. The van der Waals surface area contributed by atoms with Gasteiger partial charge < -0.3 is 15.2 Å². The van der Waals surface area contributed by atoms with E-state index in [0.29, 0.717) is 6.54 Å². The van der Waals surface area contributed by atoms with Crippen LogP contribution in [-0.4, -0.2) is 24.7 Å². The van der Waals surface area contributed by atoms with E-state index in [0.717, 1.165) is 23.3 Å². The minimum Gasteiger partial charge on any atom is -0.497 e. The maximum Gasteiger partial charge on any atom is 0.325 e. The van der Waals surface area contributed by atoms with Gasteiger partial charge in [0.1, 0.15) is 11.8 Å². The monoisotopic (exact) mass is 243 g/mol. The number of nitrogens with one attached hydrogen (secondary N) is 1. The van der Waals surface area contributed by atoms with E-state index in [4.69, 9.17) is 9.84 Å². The van der Waals surface area contributed by atoms with Crippen LogP contribution in [0.2, 0.25) is 0 Å². The number of rotatable bonds is 2. The lowest BCUT2D eigenvalue weighted by molar-refractivity contribution is -0.139. The topological polar surface area (TPSA) is 58.6 Å². The number of ether oxygens (including phenoxy) is 1. The Balaban J connectivity index is 0.00000128. The Morgan fingerprint density at radius 3 is 2.94 bits per heavy atom. The first-order valence-electron chi connectivity index (χ1n) is 4.85. The van der Waals surface area contributed by atoms with Crippen molar-refractivity contribution in [3.05, 3.63) is 29.3 Å². The van der Waals surface area contributed by atoms with Crippen molar-refractivity contribution < 1.29 is 14.6 Å². The summed E-state index contributed by atoms with van der Waals surface area (Å²) < 4.78 is 5.11. The van der Waals surface area contributed by atoms with Crippen LogP contribution < -0.4 is 10.1 Å². The van der Waals surface area contributed by atoms with Crippen LogP contribution in [0.4, 0.5) is 0 Å². The van der Waals surface area contributed by atoms with E-state index in [9.17, 15) is 4.79 Å². The second-order valence-corrected chi connectivity index (χ2v) is 3.54. The number of benzene rings is 1. The third-order valence-corrected chi connectivity index (χ3v) is 2.65. The first kappa shape index (κ1) is 12.8. The second-order valence-electron chi connectivity index (χ2n) is 3.54. The second kappa shape index (κ2) is 5.18. The van der Waals surface area contributed by atoms with Gasteiger partial charge in [-0.15, -0.1) is 12.4 Å². The van der Waals surface area contributed by atoms with E-state index in [1.165, 1.54) is 0 Å². The Morgan fingerprint density at radius 2 is 2.31 bits per heavy atom. The van der Waals surface area contributed by atoms with Crippen molar-refractivity contribution in [3.63, 3.8) is 0 Å². The first-order chi connectivity index (χ1) is 7.22. The normalized spacial score (nSPS) is 18.2. The SMILES string of the molecule is COc1ccc2c(c1)CCN[C@H]2C(=O)O.Cl. The molecule has 2 rings (SSSR count).